The second kappa shape index (κ2) is 11.8. The summed E-state index contributed by atoms with van der Waals surface area (Å²) in [6.45, 7) is 8.36. The van der Waals surface area contributed by atoms with Crippen LogP contribution < -0.4 is 24.8 Å². The minimum atomic E-state index is -4.94. The molecule has 1 spiro atoms. The molecular weight excluding hydrogens is 654 g/mol. The Morgan fingerprint density at radius 1 is 1.25 bits per heavy atom. The fourth-order valence-electron chi connectivity index (χ4n) is 8.06. The largest absolute Gasteiger partial charge is 0.461 e. The number of piperidine rings is 1. The van der Waals surface area contributed by atoms with Crippen molar-refractivity contribution in [3.8, 4) is 17.9 Å². The zero-order valence-electron chi connectivity index (χ0n) is 26.5. The molecule has 16 heteroatoms. The van der Waals surface area contributed by atoms with Gasteiger partial charge in [-0.05, 0) is 51.6 Å². The SMILES string of the molecule is C=C1CN2CCC[C@@]2(COc2nc3c(c(N4CCC[C@@]5(CNS(=O)(=O)N5)C4)n2)CO[C@@H](c2c(F)c(N)cc(C#CC)c2C(F)(F)F)C3)C1. The number of nitrogens with zero attached hydrogens (tertiary/aromatic N) is 4. The van der Waals surface area contributed by atoms with Gasteiger partial charge >= 0.3 is 12.2 Å². The highest BCUT2D eigenvalue weighted by Crippen LogP contribution is 2.45. The van der Waals surface area contributed by atoms with Crippen molar-refractivity contribution in [2.75, 3.05) is 50.0 Å². The summed E-state index contributed by atoms with van der Waals surface area (Å²) in [6, 6.07) is 0.928. The number of ether oxygens (including phenoxy) is 2. The van der Waals surface area contributed by atoms with Crippen LogP contribution in [0.15, 0.2) is 18.2 Å². The molecule has 0 saturated carbocycles. The molecule has 0 amide bonds. The second-order valence-electron chi connectivity index (χ2n) is 13.4. The lowest BCUT2D eigenvalue weighted by atomic mass is 9.89. The van der Waals surface area contributed by atoms with Gasteiger partial charge in [0.25, 0.3) is 10.2 Å². The molecule has 0 bridgehead atoms. The van der Waals surface area contributed by atoms with Crippen LogP contribution in [0, 0.1) is 17.7 Å². The van der Waals surface area contributed by atoms with E-state index in [2.05, 4.69) is 37.7 Å². The number of fused-ring (bicyclic) bond motifs is 2. The maximum atomic E-state index is 15.6. The van der Waals surface area contributed by atoms with Gasteiger partial charge in [-0.1, -0.05) is 18.1 Å². The summed E-state index contributed by atoms with van der Waals surface area (Å²) in [7, 11) is -3.65. The number of anilines is 2. The van der Waals surface area contributed by atoms with Gasteiger partial charge in [0.05, 0.1) is 40.7 Å². The van der Waals surface area contributed by atoms with E-state index in [0.717, 1.165) is 44.0 Å². The molecule has 5 aliphatic heterocycles. The first kappa shape index (κ1) is 33.0. The summed E-state index contributed by atoms with van der Waals surface area (Å²) in [4.78, 5) is 13.8. The molecule has 0 radical (unpaired) electrons. The Morgan fingerprint density at radius 2 is 2.04 bits per heavy atom. The number of rotatable bonds is 5. The van der Waals surface area contributed by atoms with Gasteiger partial charge in [0.2, 0.25) is 0 Å². The van der Waals surface area contributed by atoms with Gasteiger partial charge in [0.1, 0.15) is 12.4 Å². The zero-order valence-corrected chi connectivity index (χ0v) is 27.3. The van der Waals surface area contributed by atoms with E-state index in [9.17, 15) is 21.6 Å². The van der Waals surface area contributed by atoms with Gasteiger partial charge in [-0.25, -0.2) is 9.11 Å². The summed E-state index contributed by atoms with van der Waals surface area (Å²) >= 11 is 0. The van der Waals surface area contributed by atoms with Crippen LogP contribution in [0.2, 0.25) is 0 Å². The third kappa shape index (κ3) is 5.89. The van der Waals surface area contributed by atoms with Crippen molar-refractivity contribution in [3.05, 3.63) is 52.0 Å². The Kier molecular flexibility index (Phi) is 8.14. The first-order chi connectivity index (χ1) is 22.7. The monoisotopic (exact) mass is 691 g/mol. The Hall–Kier alpha value is -3.49. The van der Waals surface area contributed by atoms with Crippen LogP contribution in [0.5, 0.6) is 6.01 Å². The van der Waals surface area contributed by atoms with Gasteiger partial charge in [-0.3, -0.25) is 4.90 Å². The maximum Gasteiger partial charge on any atom is 0.418 e. The van der Waals surface area contributed by atoms with Gasteiger partial charge < -0.3 is 20.1 Å². The highest BCUT2D eigenvalue weighted by molar-refractivity contribution is 7.87. The van der Waals surface area contributed by atoms with Crippen molar-refractivity contribution in [3.63, 3.8) is 0 Å². The molecule has 0 unspecified atom stereocenters. The average Bonchev–Trinajstić information content (AvgIpc) is 3.65. The fraction of sp³-hybridized carbons (Fsp3) is 0.562. The molecule has 1 aromatic carbocycles. The van der Waals surface area contributed by atoms with E-state index in [4.69, 9.17) is 20.2 Å². The van der Waals surface area contributed by atoms with E-state index in [-0.39, 0.29) is 37.7 Å². The number of nitrogen functional groups attached to an aromatic ring is 1. The van der Waals surface area contributed by atoms with Crippen molar-refractivity contribution in [2.24, 2.45) is 0 Å². The van der Waals surface area contributed by atoms with Crippen molar-refractivity contribution in [1.29, 1.82) is 0 Å². The number of alkyl halides is 3. The van der Waals surface area contributed by atoms with Crippen LogP contribution in [0.4, 0.5) is 29.1 Å². The number of aromatic nitrogens is 2. The van der Waals surface area contributed by atoms with Crippen molar-refractivity contribution in [1.82, 2.24) is 24.3 Å². The van der Waals surface area contributed by atoms with Crippen molar-refractivity contribution >= 4 is 21.7 Å². The summed E-state index contributed by atoms with van der Waals surface area (Å²) in [6.07, 6.45) is -2.58. The van der Waals surface area contributed by atoms with Gasteiger partial charge in [-0.15, -0.1) is 5.92 Å². The maximum absolute atomic E-state index is 15.6. The van der Waals surface area contributed by atoms with Crippen molar-refractivity contribution in [2.45, 2.75) is 75.4 Å². The molecule has 4 fully saturated rings. The topological polar surface area (TPSA) is 135 Å². The standard InChI is InChI=1S/C32H37F4N7O4S/c1-3-6-20-11-22(37)27(33)25(26(20)32(34,35)36)24-12-23-21(15-46-24)28(42-9-4-7-30(17-42)16-38-48(44,45)41-30)40-29(39-23)47-18-31-8-5-10-43(31)14-19(2)13-31/h11,24,38,41H,2,4-5,7-10,12-18,37H2,1H3/t24-,30-,31+/m1/s1. The number of nitrogens with two attached hydrogens (primary N) is 1. The second-order valence-corrected chi connectivity index (χ2v) is 14.9. The first-order valence-corrected chi connectivity index (χ1v) is 17.4. The summed E-state index contributed by atoms with van der Waals surface area (Å²) in [5, 5.41) is 0. The average molecular weight is 692 g/mol. The highest BCUT2D eigenvalue weighted by Gasteiger charge is 2.48. The number of benzene rings is 1. The molecule has 7 rings (SSSR count). The van der Waals surface area contributed by atoms with E-state index in [1.807, 2.05) is 4.90 Å². The Bertz CT molecular complexity index is 1850. The molecule has 4 N–H and O–H groups in total. The molecule has 1 aromatic heterocycles. The molecule has 4 saturated heterocycles. The van der Waals surface area contributed by atoms with Crippen LogP contribution in [-0.2, 0) is 34.2 Å². The minimum absolute atomic E-state index is 0.0366. The minimum Gasteiger partial charge on any atom is -0.461 e. The third-order valence-electron chi connectivity index (χ3n) is 10.1. The van der Waals surface area contributed by atoms with Gasteiger partial charge in [-0.2, -0.15) is 36.3 Å². The summed E-state index contributed by atoms with van der Waals surface area (Å²) < 4.78 is 101. The number of hydrogen-bond acceptors (Lipinski definition) is 9. The smallest absolute Gasteiger partial charge is 0.418 e. The molecule has 258 valence electrons. The predicted octanol–water partition coefficient (Wildman–Crippen LogP) is 3.35. The molecular formula is C32H37F4N7O4S. The molecule has 3 atom stereocenters. The molecule has 11 nitrogen and oxygen atoms in total. The van der Waals surface area contributed by atoms with Crippen LogP contribution >= 0.6 is 0 Å². The van der Waals surface area contributed by atoms with Crippen LogP contribution in [0.25, 0.3) is 0 Å². The molecule has 5 aliphatic rings. The molecule has 0 aliphatic carbocycles. The lowest BCUT2D eigenvalue weighted by Crippen LogP contribution is -2.56. The quantitative estimate of drug-likeness (QED) is 0.187. The predicted molar refractivity (Wildman–Crippen MR) is 169 cm³/mol. The highest BCUT2D eigenvalue weighted by atomic mass is 32.2. The lowest BCUT2D eigenvalue weighted by molar-refractivity contribution is -0.140. The van der Waals surface area contributed by atoms with E-state index in [1.165, 1.54) is 6.92 Å². The normalized spacial score (nSPS) is 28.3. The zero-order chi connectivity index (χ0) is 34.1. The number of hydrogen-bond donors (Lipinski definition) is 3. The third-order valence-corrected chi connectivity index (χ3v) is 11.3. The molecule has 2 aromatic rings. The van der Waals surface area contributed by atoms with Crippen LogP contribution in [0.1, 0.15) is 73.1 Å². The van der Waals surface area contributed by atoms with Gasteiger partial charge in [0.15, 0.2) is 5.82 Å². The molecule has 48 heavy (non-hydrogen) atoms. The fourth-order valence-corrected chi connectivity index (χ4v) is 9.41. The summed E-state index contributed by atoms with van der Waals surface area (Å²) in [5.74, 6) is 4.09. The van der Waals surface area contributed by atoms with E-state index in [1.54, 1.807) is 0 Å². The van der Waals surface area contributed by atoms with E-state index in [0.29, 0.717) is 43.1 Å². The number of halogens is 4. The Morgan fingerprint density at radius 3 is 2.77 bits per heavy atom. The van der Waals surface area contributed by atoms with Crippen LogP contribution in [0.3, 0.4) is 0 Å². The lowest BCUT2D eigenvalue weighted by Gasteiger charge is -2.41. The van der Waals surface area contributed by atoms with Crippen molar-refractivity contribution < 1.29 is 35.5 Å². The van der Waals surface area contributed by atoms with E-state index < -0.39 is 56.2 Å². The van der Waals surface area contributed by atoms with Gasteiger partial charge in [0, 0.05) is 49.3 Å². The Labute approximate surface area is 276 Å². The Balaban J connectivity index is 1.28. The number of nitrogens with one attached hydrogen (secondary N) is 2. The first-order valence-electron chi connectivity index (χ1n) is 15.9. The molecule has 6 heterocycles. The summed E-state index contributed by atoms with van der Waals surface area (Å²) in [5.41, 5.74) is 3.97. The van der Waals surface area contributed by atoms with E-state index >= 15 is 4.39 Å². The van der Waals surface area contributed by atoms with Crippen LogP contribution in [-0.4, -0.2) is 73.7 Å².